The predicted molar refractivity (Wildman–Crippen MR) is 125 cm³/mol. The van der Waals surface area contributed by atoms with Crippen molar-refractivity contribution in [2.45, 2.75) is 58.4 Å². The maximum Gasteiger partial charge on any atom is 0.261 e. The first-order chi connectivity index (χ1) is 15.1. The van der Waals surface area contributed by atoms with Crippen LogP contribution in [0, 0.1) is 25.2 Å². The smallest absolute Gasteiger partial charge is 0.261 e. The third-order valence-corrected chi connectivity index (χ3v) is 6.48. The van der Waals surface area contributed by atoms with Crippen LogP contribution in [0.2, 0.25) is 0 Å². The van der Waals surface area contributed by atoms with E-state index in [-0.39, 0.29) is 11.5 Å². The quantitative estimate of drug-likeness (QED) is 0.421. The second-order valence-electron chi connectivity index (χ2n) is 8.52. The zero-order chi connectivity index (χ0) is 21.8. The third-order valence-electron chi connectivity index (χ3n) is 6.48. The maximum absolute atomic E-state index is 12.7. The Morgan fingerprint density at radius 2 is 2.03 bits per heavy atom. The van der Waals surface area contributed by atoms with Crippen LogP contribution in [0.5, 0.6) is 0 Å². The average molecular weight is 415 g/mol. The molecule has 0 unspecified atom stereocenters. The van der Waals surface area contributed by atoms with Crippen molar-refractivity contribution in [3.8, 4) is 6.07 Å². The average Bonchev–Trinajstić information content (AvgIpc) is 3.32. The highest BCUT2D eigenvalue weighted by atomic mass is 16.1. The van der Waals surface area contributed by atoms with E-state index in [4.69, 9.17) is 0 Å². The molecule has 2 heterocycles. The monoisotopic (exact) mass is 414 g/mol. The Kier molecular flexibility index (Phi) is 6.27. The van der Waals surface area contributed by atoms with Gasteiger partial charge < -0.3 is 14.9 Å². The van der Waals surface area contributed by atoms with E-state index in [1.54, 1.807) is 6.08 Å². The van der Waals surface area contributed by atoms with Crippen molar-refractivity contribution in [2.24, 2.45) is 0 Å². The highest BCUT2D eigenvalue weighted by Gasteiger charge is 2.20. The minimum absolute atomic E-state index is 0.155. The van der Waals surface area contributed by atoms with Gasteiger partial charge in [-0.25, -0.2) is 0 Å². The molecule has 0 atom stereocenters. The lowest BCUT2D eigenvalue weighted by molar-refractivity contribution is -0.117. The molecule has 1 aliphatic rings. The fraction of sp³-hybridized carbons (Fsp3) is 0.385. The van der Waals surface area contributed by atoms with E-state index in [0.29, 0.717) is 19.0 Å². The molecule has 0 aliphatic heterocycles. The number of nitrogens with zero attached hydrogens (tertiary/aromatic N) is 2. The summed E-state index contributed by atoms with van der Waals surface area (Å²) in [4.78, 5) is 15.9. The van der Waals surface area contributed by atoms with Gasteiger partial charge in [0.25, 0.3) is 5.91 Å². The van der Waals surface area contributed by atoms with Gasteiger partial charge in [-0.05, 0) is 62.4 Å². The van der Waals surface area contributed by atoms with Crippen LogP contribution in [-0.4, -0.2) is 22.0 Å². The molecular formula is C26H30N4O. The van der Waals surface area contributed by atoms with Crippen LogP contribution in [0.1, 0.15) is 60.7 Å². The number of nitrogens with one attached hydrogen (secondary N) is 2. The summed E-state index contributed by atoms with van der Waals surface area (Å²) in [7, 11) is 0. The van der Waals surface area contributed by atoms with Gasteiger partial charge in [0.05, 0.1) is 0 Å². The summed E-state index contributed by atoms with van der Waals surface area (Å²) in [5.41, 5.74) is 5.72. The molecule has 160 valence electrons. The van der Waals surface area contributed by atoms with Gasteiger partial charge in [0.2, 0.25) is 0 Å². The first-order valence-electron chi connectivity index (χ1n) is 11.2. The number of fused-ring (bicyclic) bond motifs is 1. The molecule has 0 radical (unpaired) electrons. The molecule has 2 aromatic heterocycles. The van der Waals surface area contributed by atoms with Crippen molar-refractivity contribution in [1.29, 1.82) is 5.26 Å². The molecule has 1 saturated carbocycles. The zero-order valence-electron chi connectivity index (χ0n) is 18.4. The van der Waals surface area contributed by atoms with Crippen LogP contribution in [0.15, 0.2) is 42.1 Å². The van der Waals surface area contributed by atoms with Gasteiger partial charge in [-0.2, -0.15) is 5.26 Å². The minimum atomic E-state index is -0.315. The fourth-order valence-corrected chi connectivity index (χ4v) is 4.90. The number of para-hydroxylation sites is 1. The lowest BCUT2D eigenvalue weighted by atomic mass is 9.95. The molecule has 5 nitrogen and oxygen atoms in total. The van der Waals surface area contributed by atoms with Gasteiger partial charge in [-0.15, -0.1) is 0 Å². The molecule has 2 N–H and O–H groups in total. The Balaban J connectivity index is 1.44. The third kappa shape index (κ3) is 4.44. The second kappa shape index (κ2) is 9.26. The molecule has 3 aromatic rings. The van der Waals surface area contributed by atoms with Crippen LogP contribution in [0.3, 0.4) is 0 Å². The number of rotatable bonds is 6. The van der Waals surface area contributed by atoms with Crippen LogP contribution in [-0.2, 0) is 11.2 Å². The largest absolute Gasteiger partial charge is 0.361 e. The number of hydrogen-bond acceptors (Lipinski definition) is 2. The number of amides is 1. The van der Waals surface area contributed by atoms with E-state index in [1.807, 2.05) is 24.4 Å². The standard InChI is InChI=1S/C26H30N4O/c1-18-14-21(19(2)30(18)23-8-4-3-5-9-23)15-22(16-27)26(31)28-13-12-20-17-29-25-11-7-6-10-24(20)25/h6-7,10-11,14-15,17,23,29H,3-5,8-9,12-13H2,1-2H3,(H,28,31)/b22-15-. The molecule has 1 aliphatic carbocycles. The minimum Gasteiger partial charge on any atom is -0.361 e. The van der Waals surface area contributed by atoms with Crippen molar-refractivity contribution in [1.82, 2.24) is 14.9 Å². The molecule has 0 spiro atoms. The highest BCUT2D eigenvalue weighted by Crippen LogP contribution is 2.32. The summed E-state index contributed by atoms with van der Waals surface area (Å²) >= 11 is 0. The number of nitriles is 1. The number of benzene rings is 1. The number of aryl methyl sites for hydroxylation is 1. The Labute approximate surface area is 183 Å². The summed E-state index contributed by atoms with van der Waals surface area (Å²) in [5.74, 6) is -0.315. The molecule has 1 amide bonds. The van der Waals surface area contributed by atoms with Gasteiger partial charge in [0.1, 0.15) is 11.6 Å². The van der Waals surface area contributed by atoms with Gasteiger partial charge >= 0.3 is 0 Å². The summed E-state index contributed by atoms with van der Waals surface area (Å²) in [5, 5.41) is 13.7. The molecular weight excluding hydrogens is 384 g/mol. The Morgan fingerprint density at radius 1 is 1.26 bits per heavy atom. The van der Waals surface area contributed by atoms with E-state index >= 15 is 0 Å². The number of carbonyl (C=O) groups excluding carboxylic acids is 1. The van der Waals surface area contributed by atoms with Crippen molar-refractivity contribution in [3.63, 3.8) is 0 Å². The number of hydrogen-bond donors (Lipinski definition) is 2. The van der Waals surface area contributed by atoms with Crippen molar-refractivity contribution in [3.05, 3.63) is 64.6 Å². The molecule has 31 heavy (non-hydrogen) atoms. The van der Waals surface area contributed by atoms with Crippen LogP contribution in [0.4, 0.5) is 0 Å². The molecule has 1 aromatic carbocycles. The lowest BCUT2D eigenvalue weighted by Gasteiger charge is -2.26. The summed E-state index contributed by atoms with van der Waals surface area (Å²) < 4.78 is 2.40. The Hall–Kier alpha value is -3.26. The SMILES string of the molecule is Cc1cc(/C=C(/C#N)C(=O)NCCc2c[nH]c3ccccc23)c(C)n1C1CCCCC1. The zero-order valence-corrected chi connectivity index (χ0v) is 18.4. The van der Waals surface area contributed by atoms with Gasteiger partial charge in [-0.3, -0.25) is 4.79 Å². The van der Waals surface area contributed by atoms with E-state index in [9.17, 15) is 10.1 Å². The van der Waals surface area contributed by atoms with E-state index < -0.39 is 0 Å². The van der Waals surface area contributed by atoms with E-state index in [2.05, 4.69) is 46.9 Å². The summed E-state index contributed by atoms with van der Waals surface area (Å²) in [6.07, 6.45) is 10.7. The Morgan fingerprint density at radius 3 is 2.81 bits per heavy atom. The Bertz CT molecular complexity index is 1150. The normalized spacial score (nSPS) is 15.2. The number of aromatic nitrogens is 2. The van der Waals surface area contributed by atoms with Crippen molar-refractivity contribution < 1.29 is 4.79 Å². The molecule has 1 fully saturated rings. The summed E-state index contributed by atoms with van der Waals surface area (Å²) in [6, 6.07) is 12.9. The number of aromatic amines is 1. The van der Waals surface area contributed by atoms with Gasteiger partial charge in [0, 0.05) is 41.1 Å². The lowest BCUT2D eigenvalue weighted by Crippen LogP contribution is -2.26. The number of H-pyrrole nitrogens is 1. The van der Waals surface area contributed by atoms with Gasteiger partial charge in [0.15, 0.2) is 0 Å². The van der Waals surface area contributed by atoms with Crippen molar-refractivity contribution in [2.75, 3.05) is 6.54 Å². The molecule has 5 heteroatoms. The first-order valence-corrected chi connectivity index (χ1v) is 11.2. The van der Waals surface area contributed by atoms with Gasteiger partial charge in [-0.1, -0.05) is 37.5 Å². The van der Waals surface area contributed by atoms with Crippen LogP contribution < -0.4 is 5.32 Å². The molecule has 0 bridgehead atoms. The summed E-state index contributed by atoms with van der Waals surface area (Å²) in [6.45, 7) is 4.70. The molecule has 0 saturated heterocycles. The number of carbonyl (C=O) groups is 1. The molecule has 4 rings (SSSR count). The van der Waals surface area contributed by atoms with Crippen molar-refractivity contribution >= 4 is 22.9 Å². The van der Waals surface area contributed by atoms with E-state index in [0.717, 1.165) is 22.3 Å². The predicted octanol–water partition coefficient (Wildman–Crippen LogP) is 5.36. The van der Waals surface area contributed by atoms with Crippen LogP contribution in [0.25, 0.3) is 17.0 Å². The topological polar surface area (TPSA) is 73.6 Å². The van der Waals surface area contributed by atoms with Crippen LogP contribution >= 0.6 is 0 Å². The fourth-order valence-electron chi connectivity index (χ4n) is 4.90. The highest BCUT2D eigenvalue weighted by molar-refractivity contribution is 6.01. The second-order valence-corrected chi connectivity index (χ2v) is 8.52. The van der Waals surface area contributed by atoms with E-state index in [1.165, 1.54) is 43.2 Å². The first kappa shape index (κ1) is 21.0. The maximum atomic E-state index is 12.7.